The number of carbonyl (C=O) groups excluding carboxylic acids is 1. The molecule has 1 fully saturated rings. The smallest absolute Gasteiger partial charge is 0.315 e. The Bertz CT molecular complexity index is 468. The van der Waals surface area contributed by atoms with Crippen molar-refractivity contribution in [2.75, 3.05) is 6.61 Å². The maximum atomic E-state index is 11.9. The fourth-order valence-corrected chi connectivity index (χ4v) is 2.80. The van der Waals surface area contributed by atoms with E-state index in [4.69, 9.17) is 4.74 Å². The Labute approximate surface area is 127 Å². The molecule has 2 rings (SSSR count). The van der Waals surface area contributed by atoms with Crippen molar-refractivity contribution in [3.63, 3.8) is 0 Å². The SMILES string of the molecule is CCOc1ccc(CNC(=O)NC2CCCCC2)cc1C. The zero-order valence-corrected chi connectivity index (χ0v) is 13.1. The number of nitrogens with one attached hydrogen (secondary N) is 2. The quantitative estimate of drug-likeness (QED) is 0.871. The van der Waals surface area contributed by atoms with Gasteiger partial charge in [0.1, 0.15) is 5.75 Å². The predicted octanol–water partition coefficient (Wildman–Crippen LogP) is 3.53. The molecule has 2 N–H and O–H groups in total. The summed E-state index contributed by atoms with van der Waals surface area (Å²) in [7, 11) is 0. The maximum Gasteiger partial charge on any atom is 0.315 e. The van der Waals surface area contributed by atoms with E-state index in [1.165, 1.54) is 19.3 Å². The zero-order valence-electron chi connectivity index (χ0n) is 13.1. The van der Waals surface area contributed by atoms with Gasteiger partial charge in [0.2, 0.25) is 0 Å². The molecule has 1 saturated carbocycles. The van der Waals surface area contributed by atoms with Crippen LogP contribution in [0.1, 0.15) is 50.2 Å². The number of amides is 2. The highest BCUT2D eigenvalue weighted by atomic mass is 16.5. The van der Waals surface area contributed by atoms with Gasteiger partial charge < -0.3 is 15.4 Å². The van der Waals surface area contributed by atoms with Crippen molar-refractivity contribution in [3.05, 3.63) is 29.3 Å². The second-order valence-electron chi connectivity index (χ2n) is 5.69. The number of hydrogen-bond acceptors (Lipinski definition) is 2. The molecule has 0 aliphatic heterocycles. The van der Waals surface area contributed by atoms with Gasteiger partial charge in [-0.3, -0.25) is 0 Å². The fraction of sp³-hybridized carbons (Fsp3) is 0.588. The van der Waals surface area contributed by atoms with E-state index in [-0.39, 0.29) is 6.03 Å². The molecule has 2 amide bonds. The first-order chi connectivity index (χ1) is 10.2. The Balaban J connectivity index is 1.79. The molecule has 4 heteroatoms. The summed E-state index contributed by atoms with van der Waals surface area (Å²) in [4.78, 5) is 11.9. The van der Waals surface area contributed by atoms with Gasteiger partial charge in [0, 0.05) is 12.6 Å². The molecule has 0 radical (unpaired) electrons. The molecule has 0 unspecified atom stereocenters. The van der Waals surface area contributed by atoms with E-state index in [0.29, 0.717) is 19.2 Å². The minimum atomic E-state index is -0.0616. The van der Waals surface area contributed by atoms with Gasteiger partial charge in [-0.15, -0.1) is 0 Å². The second kappa shape index (κ2) is 7.91. The van der Waals surface area contributed by atoms with Crippen molar-refractivity contribution in [2.45, 2.75) is 58.5 Å². The third-order valence-electron chi connectivity index (χ3n) is 3.93. The topological polar surface area (TPSA) is 50.4 Å². The molecule has 21 heavy (non-hydrogen) atoms. The average Bonchev–Trinajstić information content (AvgIpc) is 2.49. The van der Waals surface area contributed by atoms with Crippen molar-refractivity contribution in [2.24, 2.45) is 0 Å². The van der Waals surface area contributed by atoms with Crippen LogP contribution in [-0.2, 0) is 6.54 Å². The summed E-state index contributed by atoms with van der Waals surface area (Å²) in [5, 5.41) is 5.99. The van der Waals surface area contributed by atoms with E-state index in [9.17, 15) is 4.79 Å². The molecular weight excluding hydrogens is 264 g/mol. The number of urea groups is 1. The highest BCUT2D eigenvalue weighted by molar-refractivity contribution is 5.74. The van der Waals surface area contributed by atoms with Crippen LogP contribution in [0.3, 0.4) is 0 Å². The van der Waals surface area contributed by atoms with E-state index in [1.807, 2.05) is 26.0 Å². The average molecular weight is 290 g/mol. The highest BCUT2D eigenvalue weighted by Crippen LogP contribution is 2.19. The summed E-state index contributed by atoms with van der Waals surface area (Å²) in [5.41, 5.74) is 2.19. The van der Waals surface area contributed by atoms with Crippen molar-refractivity contribution in [3.8, 4) is 5.75 Å². The lowest BCUT2D eigenvalue weighted by atomic mass is 9.96. The van der Waals surface area contributed by atoms with Gasteiger partial charge in [0.15, 0.2) is 0 Å². The Morgan fingerprint density at radius 3 is 2.71 bits per heavy atom. The van der Waals surface area contributed by atoms with E-state index < -0.39 is 0 Å². The van der Waals surface area contributed by atoms with Gasteiger partial charge >= 0.3 is 6.03 Å². The molecular formula is C17H26N2O2. The number of ether oxygens (including phenoxy) is 1. The van der Waals surface area contributed by atoms with Crippen molar-refractivity contribution in [1.82, 2.24) is 10.6 Å². The van der Waals surface area contributed by atoms with E-state index >= 15 is 0 Å². The van der Waals surface area contributed by atoms with Crippen LogP contribution in [0, 0.1) is 6.92 Å². The van der Waals surface area contributed by atoms with Crippen LogP contribution in [0.2, 0.25) is 0 Å². The molecule has 1 aliphatic carbocycles. The number of carbonyl (C=O) groups is 1. The summed E-state index contributed by atoms with van der Waals surface area (Å²) in [5.74, 6) is 0.910. The lowest BCUT2D eigenvalue weighted by Gasteiger charge is -2.22. The first-order valence-corrected chi connectivity index (χ1v) is 7.95. The van der Waals surface area contributed by atoms with Crippen LogP contribution < -0.4 is 15.4 Å². The lowest BCUT2D eigenvalue weighted by molar-refractivity contribution is 0.232. The Morgan fingerprint density at radius 2 is 2.05 bits per heavy atom. The Hall–Kier alpha value is -1.71. The van der Waals surface area contributed by atoms with E-state index in [2.05, 4.69) is 16.7 Å². The number of hydrogen-bond donors (Lipinski definition) is 2. The molecule has 0 spiro atoms. The van der Waals surface area contributed by atoms with Crippen LogP contribution in [-0.4, -0.2) is 18.7 Å². The first-order valence-electron chi connectivity index (χ1n) is 7.95. The second-order valence-corrected chi connectivity index (χ2v) is 5.69. The number of rotatable bonds is 5. The summed E-state index contributed by atoms with van der Waals surface area (Å²) in [6, 6.07) is 6.31. The largest absolute Gasteiger partial charge is 0.494 e. The monoisotopic (exact) mass is 290 g/mol. The molecule has 1 aromatic rings. The van der Waals surface area contributed by atoms with E-state index in [1.54, 1.807) is 0 Å². The normalized spacial score (nSPS) is 15.5. The Kier molecular flexibility index (Phi) is 5.90. The van der Waals surface area contributed by atoms with E-state index in [0.717, 1.165) is 29.7 Å². The van der Waals surface area contributed by atoms with Crippen LogP contribution >= 0.6 is 0 Å². The molecule has 0 heterocycles. The third kappa shape index (κ3) is 4.96. The standard InChI is InChI=1S/C17H26N2O2/c1-3-21-16-10-9-14(11-13(16)2)12-18-17(20)19-15-7-5-4-6-8-15/h9-11,15H,3-8,12H2,1-2H3,(H2,18,19,20). The molecule has 0 bridgehead atoms. The Morgan fingerprint density at radius 1 is 1.29 bits per heavy atom. The van der Waals surface area contributed by atoms with Gasteiger partial charge in [0.25, 0.3) is 0 Å². The molecule has 1 aliphatic rings. The van der Waals surface area contributed by atoms with Gasteiger partial charge in [-0.05, 0) is 43.9 Å². The minimum Gasteiger partial charge on any atom is -0.494 e. The van der Waals surface area contributed by atoms with Gasteiger partial charge in [-0.2, -0.15) is 0 Å². The maximum absolute atomic E-state index is 11.9. The van der Waals surface area contributed by atoms with Crippen LogP contribution in [0.4, 0.5) is 4.79 Å². The van der Waals surface area contributed by atoms with Crippen LogP contribution in [0.25, 0.3) is 0 Å². The van der Waals surface area contributed by atoms with Crippen molar-refractivity contribution >= 4 is 6.03 Å². The molecule has 116 valence electrons. The van der Waals surface area contributed by atoms with Crippen LogP contribution in [0.5, 0.6) is 5.75 Å². The zero-order chi connectivity index (χ0) is 15.1. The van der Waals surface area contributed by atoms with Crippen molar-refractivity contribution < 1.29 is 9.53 Å². The number of benzene rings is 1. The van der Waals surface area contributed by atoms with Crippen LogP contribution in [0.15, 0.2) is 18.2 Å². The molecule has 1 aromatic carbocycles. The van der Waals surface area contributed by atoms with Crippen molar-refractivity contribution in [1.29, 1.82) is 0 Å². The minimum absolute atomic E-state index is 0.0616. The first kappa shape index (κ1) is 15.7. The third-order valence-corrected chi connectivity index (χ3v) is 3.93. The van der Waals surface area contributed by atoms with Gasteiger partial charge in [0.05, 0.1) is 6.61 Å². The number of aryl methyl sites for hydroxylation is 1. The fourth-order valence-electron chi connectivity index (χ4n) is 2.80. The van der Waals surface area contributed by atoms with Gasteiger partial charge in [-0.25, -0.2) is 4.79 Å². The highest BCUT2D eigenvalue weighted by Gasteiger charge is 2.15. The summed E-state index contributed by atoms with van der Waals surface area (Å²) >= 11 is 0. The molecule has 0 aromatic heterocycles. The van der Waals surface area contributed by atoms with Gasteiger partial charge in [-0.1, -0.05) is 31.4 Å². The molecule has 0 saturated heterocycles. The summed E-state index contributed by atoms with van der Waals surface area (Å²) in [6.45, 7) is 5.22. The summed E-state index contributed by atoms with van der Waals surface area (Å²) < 4.78 is 5.52. The molecule has 4 nitrogen and oxygen atoms in total. The predicted molar refractivity (Wildman–Crippen MR) is 84.6 cm³/mol. The lowest BCUT2D eigenvalue weighted by Crippen LogP contribution is -2.42. The summed E-state index contributed by atoms with van der Waals surface area (Å²) in [6.07, 6.45) is 5.96. The molecule has 0 atom stereocenters.